The molecule has 2 heterocycles. The summed E-state index contributed by atoms with van der Waals surface area (Å²) in [6.45, 7) is 5.47. The van der Waals surface area contributed by atoms with E-state index >= 15 is 0 Å². The van der Waals surface area contributed by atoms with Crippen molar-refractivity contribution in [2.75, 3.05) is 25.0 Å². The van der Waals surface area contributed by atoms with Gasteiger partial charge in [0.25, 0.3) is 0 Å². The maximum absolute atomic E-state index is 6.21. The molecule has 7 heteroatoms. The normalized spacial score (nSPS) is 13.7. The van der Waals surface area contributed by atoms with Gasteiger partial charge in [-0.05, 0) is 61.8 Å². The molecule has 0 unspecified atom stereocenters. The van der Waals surface area contributed by atoms with Crippen molar-refractivity contribution >= 4 is 46.0 Å². The van der Waals surface area contributed by atoms with Crippen molar-refractivity contribution in [2.24, 2.45) is 0 Å². The first-order valence-corrected chi connectivity index (χ1v) is 11.9. The molecule has 1 aliphatic heterocycles. The molecule has 32 heavy (non-hydrogen) atoms. The summed E-state index contributed by atoms with van der Waals surface area (Å²) in [5, 5.41) is 6.78. The van der Waals surface area contributed by atoms with E-state index in [1.165, 1.54) is 51.3 Å². The lowest BCUT2D eigenvalue weighted by Gasteiger charge is -2.14. The fraction of sp³-hybridized carbons (Fsp3) is 0.320. The molecule has 3 aromatic rings. The van der Waals surface area contributed by atoms with E-state index in [4.69, 9.17) is 11.6 Å². The fourth-order valence-electron chi connectivity index (χ4n) is 3.86. The molecule has 0 saturated carbocycles. The Hall–Kier alpha value is -1.05. The van der Waals surface area contributed by atoms with Crippen molar-refractivity contribution in [1.29, 1.82) is 0 Å². The second kappa shape index (κ2) is 13.0. The van der Waals surface area contributed by atoms with Crippen molar-refractivity contribution in [2.45, 2.75) is 37.6 Å². The molecule has 1 aromatic heterocycles. The second-order valence-electron chi connectivity index (χ2n) is 7.69. The zero-order valence-corrected chi connectivity index (χ0v) is 23.2. The van der Waals surface area contributed by atoms with Crippen LogP contribution in [0.3, 0.4) is 0 Å². The van der Waals surface area contributed by atoms with Crippen molar-refractivity contribution in [3.8, 4) is 0 Å². The molecule has 0 bridgehead atoms. The van der Waals surface area contributed by atoms with Gasteiger partial charge in [-0.1, -0.05) is 42.4 Å². The average molecular weight is 599 g/mol. The number of aromatic nitrogens is 1. The maximum atomic E-state index is 6.21. The number of nitrogens with zero attached hydrogens (tertiary/aromatic N) is 2. The molecule has 1 aliphatic rings. The highest BCUT2D eigenvalue weighted by molar-refractivity contribution is 8.03. The Balaban J connectivity index is 0.00000181. The van der Waals surface area contributed by atoms with Crippen LogP contribution in [-0.4, -0.2) is 20.1 Å². The number of halogens is 3. The maximum Gasteiger partial charge on any atom is 0.213 e. The molecule has 0 saturated heterocycles. The average Bonchev–Trinajstić information content (AvgIpc) is 3.06. The number of pyridine rings is 1. The Morgan fingerprint density at radius 2 is 1.88 bits per heavy atom. The third kappa shape index (κ3) is 6.29. The van der Waals surface area contributed by atoms with Crippen LogP contribution in [-0.2, 0) is 6.54 Å². The van der Waals surface area contributed by atoms with Crippen LogP contribution in [0.2, 0.25) is 5.02 Å². The van der Waals surface area contributed by atoms with Gasteiger partial charge >= 0.3 is 0 Å². The first kappa shape index (κ1) is 27.2. The van der Waals surface area contributed by atoms with Crippen molar-refractivity contribution in [3.05, 3.63) is 70.3 Å². The number of benzene rings is 2. The van der Waals surface area contributed by atoms with Crippen molar-refractivity contribution in [1.82, 2.24) is 5.32 Å². The van der Waals surface area contributed by atoms with Crippen LogP contribution in [0.5, 0.6) is 0 Å². The van der Waals surface area contributed by atoms with E-state index in [0.29, 0.717) is 0 Å². The largest absolute Gasteiger partial charge is 1.00 e. The zero-order chi connectivity index (χ0) is 20.9. The summed E-state index contributed by atoms with van der Waals surface area (Å²) < 4.78 is 2.39. The number of rotatable bonds is 8. The summed E-state index contributed by atoms with van der Waals surface area (Å²) in [5.74, 6) is 0. The van der Waals surface area contributed by atoms with Gasteiger partial charge in [-0.25, -0.2) is 0 Å². The number of fused-ring (bicyclic) bond motifs is 2. The molecule has 0 spiro atoms. The van der Waals surface area contributed by atoms with Crippen LogP contribution in [0, 0.1) is 0 Å². The third-order valence-electron chi connectivity index (χ3n) is 5.49. The Kier molecular flexibility index (Phi) is 11.0. The summed E-state index contributed by atoms with van der Waals surface area (Å²) in [5.41, 5.74) is 3.71. The van der Waals surface area contributed by atoms with Crippen LogP contribution < -0.4 is 48.7 Å². The molecule has 0 amide bonds. The van der Waals surface area contributed by atoms with E-state index in [-0.39, 0.29) is 34.0 Å². The Labute approximate surface area is 221 Å². The molecule has 2 aromatic carbocycles. The zero-order valence-electron chi connectivity index (χ0n) is 18.5. The summed E-state index contributed by atoms with van der Waals surface area (Å²) >= 11 is 8.01. The number of thioether (sulfide) groups is 1. The van der Waals surface area contributed by atoms with E-state index in [1.807, 2.05) is 12.1 Å². The molecule has 4 rings (SSSR count). The first-order chi connectivity index (χ1) is 14.7. The number of aryl methyl sites for hydroxylation is 1. The number of hydrogen-bond acceptors (Lipinski definition) is 3. The van der Waals surface area contributed by atoms with Gasteiger partial charge in [0.15, 0.2) is 6.20 Å². The minimum absolute atomic E-state index is 0. The number of hydrogen-bond donors (Lipinski definition) is 1. The number of unbranched alkanes of at least 4 members (excludes halogenated alkanes) is 1. The lowest BCUT2D eigenvalue weighted by atomic mass is 10.1. The molecule has 0 radical (unpaired) electrons. The van der Waals surface area contributed by atoms with Gasteiger partial charge in [-0.3, -0.25) is 0 Å². The Bertz CT molecular complexity index is 1070. The Morgan fingerprint density at radius 1 is 1.06 bits per heavy atom. The van der Waals surface area contributed by atoms with E-state index in [2.05, 4.69) is 77.4 Å². The molecule has 3 nitrogen and oxygen atoms in total. The quantitative estimate of drug-likeness (QED) is 0.294. The minimum atomic E-state index is 0. The van der Waals surface area contributed by atoms with Crippen LogP contribution >= 0.6 is 23.4 Å². The van der Waals surface area contributed by atoms with Crippen molar-refractivity contribution < 1.29 is 38.5 Å². The second-order valence-corrected chi connectivity index (χ2v) is 9.19. The van der Waals surface area contributed by atoms with E-state index in [0.717, 1.165) is 24.7 Å². The summed E-state index contributed by atoms with van der Waals surface area (Å²) in [4.78, 5) is 3.48. The van der Waals surface area contributed by atoms with Gasteiger partial charge in [-0.2, -0.15) is 4.57 Å². The minimum Gasteiger partial charge on any atom is -1.00 e. The van der Waals surface area contributed by atoms with Crippen LogP contribution in [0.4, 0.5) is 5.69 Å². The monoisotopic (exact) mass is 596 g/mol. The van der Waals surface area contributed by atoms with Gasteiger partial charge in [0.1, 0.15) is 6.54 Å². The van der Waals surface area contributed by atoms with Gasteiger partial charge in [0.2, 0.25) is 5.52 Å². The van der Waals surface area contributed by atoms with Crippen LogP contribution in [0.25, 0.3) is 17.0 Å². The van der Waals surface area contributed by atoms with Gasteiger partial charge in [0, 0.05) is 35.5 Å². The lowest BCUT2D eigenvalue weighted by Crippen LogP contribution is -3.00. The highest BCUT2D eigenvalue weighted by Crippen LogP contribution is 2.46. The summed E-state index contributed by atoms with van der Waals surface area (Å²) in [7, 11) is 2.11. The highest BCUT2D eigenvalue weighted by atomic mass is 79.9. The van der Waals surface area contributed by atoms with Crippen LogP contribution in [0.1, 0.15) is 31.7 Å². The first-order valence-electron chi connectivity index (χ1n) is 10.7. The number of nitrogens with one attached hydrogen (secondary N) is 1. The predicted octanol–water partition coefficient (Wildman–Crippen LogP) is 0.109. The van der Waals surface area contributed by atoms with E-state index < -0.39 is 0 Å². The smallest absolute Gasteiger partial charge is 0.213 e. The van der Waals surface area contributed by atoms with E-state index in [1.54, 1.807) is 11.8 Å². The molecule has 172 valence electrons. The summed E-state index contributed by atoms with van der Waals surface area (Å²) in [6, 6.07) is 17.1. The van der Waals surface area contributed by atoms with Crippen molar-refractivity contribution in [3.63, 3.8) is 0 Å². The predicted molar refractivity (Wildman–Crippen MR) is 130 cm³/mol. The SMILES string of the molecule is CCCNCCCC[n+]1ccc(/C=C2/Sc3ccc(Cl)cc3N2C)c2ccccc21.[Br-].[Br-]. The van der Waals surface area contributed by atoms with Gasteiger partial charge in [-0.15, -0.1) is 0 Å². The fourth-order valence-corrected chi connectivity index (χ4v) is 5.11. The lowest BCUT2D eigenvalue weighted by molar-refractivity contribution is -0.671. The molecule has 1 N–H and O–H groups in total. The summed E-state index contributed by atoms with van der Waals surface area (Å²) in [6.07, 6.45) is 8.11. The highest BCUT2D eigenvalue weighted by Gasteiger charge is 2.23. The third-order valence-corrected chi connectivity index (χ3v) is 6.90. The topological polar surface area (TPSA) is 19.1 Å². The van der Waals surface area contributed by atoms with Crippen LogP contribution in [0.15, 0.2) is 64.7 Å². The molecule has 0 aliphatic carbocycles. The number of para-hydroxylation sites is 1. The molecular formula is C25H29Br2ClN3S-. The molecular weight excluding hydrogens is 570 g/mol. The number of anilines is 1. The van der Waals surface area contributed by atoms with E-state index in [9.17, 15) is 0 Å². The van der Waals surface area contributed by atoms with Gasteiger partial charge < -0.3 is 44.2 Å². The van der Waals surface area contributed by atoms with Gasteiger partial charge in [0.05, 0.1) is 16.1 Å². The molecule has 0 fully saturated rings. The molecule has 0 atom stereocenters. The standard InChI is InChI=1S/C25H29ClN3S.2BrH/c1-3-13-27-14-6-7-15-29-16-12-19(21-8-4-5-9-22(21)29)17-25-28(2)23-18-20(26)10-11-24(23)30-25;;/h4-5,8-12,16-18,27H,3,6-7,13-15H2,1-2H3;2*1H/q+1;;/p-2. The Morgan fingerprint density at radius 3 is 2.69 bits per heavy atom.